The number of rotatable bonds is 6. The van der Waals surface area contributed by atoms with Gasteiger partial charge in [-0.3, -0.25) is 14.2 Å². The topological polar surface area (TPSA) is 64.7 Å². The number of alkyl halides is 3. The van der Waals surface area contributed by atoms with Crippen LogP contribution in [0.25, 0.3) is 6.08 Å². The van der Waals surface area contributed by atoms with Gasteiger partial charge in [0.25, 0.3) is 0 Å². The van der Waals surface area contributed by atoms with Crippen molar-refractivity contribution in [2.24, 2.45) is 0 Å². The van der Waals surface area contributed by atoms with Gasteiger partial charge in [-0.05, 0) is 51.5 Å². The van der Waals surface area contributed by atoms with Crippen LogP contribution in [0.4, 0.5) is 18.9 Å². The quantitative estimate of drug-likeness (QED) is 0.573. The van der Waals surface area contributed by atoms with Crippen LogP contribution in [0, 0.1) is 20.8 Å². The first-order valence-corrected chi connectivity index (χ1v) is 9.81. The second-order valence-corrected chi connectivity index (χ2v) is 7.23. The summed E-state index contributed by atoms with van der Waals surface area (Å²) in [7, 11) is 0. The minimum atomic E-state index is -4.40. The van der Waals surface area contributed by atoms with E-state index in [9.17, 15) is 18.0 Å². The van der Waals surface area contributed by atoms with E-state index < -0.39 is 11.7 Å². The zero-order valence-electron chi connectivity index (χ0n) is 17.8. The lowest BCUT2D eigenvalue weighted by molar-refractivity contribution is -0.137. The highest BCUT2D eigenvalue weighted by atomic mass is 19.4. The lowest BCUT2D eigenvalue weighted by atomic mass is 10.1. The van der Waals surface area contributed by atoms with Crippen molar-refractivity contribution in [3.63, 3.8) is 0 Å². The SMILES string of the molecule is CCn1ncc(/C=C/C(=O)Nc2c(C)nn(Cc3cccc(C(F)(F)F)c3)c2C)c1C. The maximum Gasteiger partial charge on any atom is 0.416 e. The van der Waals surface area contributed by atoms with Crippen LogP contribution in [0.15, 0.2) is 36.5 Å². The van der Waals surface area contributed by atoms with Crippen molar-refractivity contribution in [2.45, 2.75) is 47.0 Å². The Morgan fingerprint density at radius 1 is 1.16 bits per heavy atom. The van der Waals surface area contributed by atoms with Crippen molar-refractivity contribution in [3.8, 4) is 0 Å². The number of carbonyl (C=O) groups is 1. The Bertz CT molecular complexity index is 1120. The molecule has 1 amide bonds. The van der Waals surface area contributed by atoms with Crippen LogP contribution in [0.5, 0.6) is 0 Å². The second-order valence-electron chi connectivity index (χ2n) is 7.23. The number of amides is 1. The molecule has 0 saturated carbocycles. The fourth-order valence-corrected chi connectivity index (χ4v) is 3.32. The molecule has 0 radical (unpaired) electrons. The van der Waals surface area contributed by atoms with Gasteiger partial charge < -0.3 is 5.32 Å². The molecule has 1 N–H and O–H groups in total. The molecule has 0 fully saturated rings. The molecule has 3 aromatic rings. The minimum absolute atomic E-state index is 0.164. The van der Waals surface area contributed by atoms with Crippen molar-refractivity contribution in [1.29, 1.82) is 0 Å². The van der Waals surface area contributed by atoms with E-state index >= 15 is 0 Å². The predicted molar refractivity (Wildman–Crippen MR) is 113 cm³/mol. The normalized spacial score (nSPS) is 12.0. The van der Waals surface area contributed by atoms with E-state index in [0.29, 0.717) is 22.6 Å². The molecule has 0 bridgehead atoms. The minimum Gasteiger partial charge on any atom is -0.319 e. The van der Waals surface area contributed by atoms with Crippen molar-refractivity contribution < 1.29 is 18.0 Å². The van der Waals surface area contributed by atoms with Crippen molar-refractivity contribution in [2.75, 3.05) is 5.32 Å². The first-order valence-electron chi connectivity index (χ1n) is 9.81. The summed E-state index contributed by atoms with van der Waals surface area (Å²) < 4.78 is 42.3. The first-order chi connectivity index (χ1) is 14.6. The number of halogens is 3. The van der Waals surface area contributed by atoms with Crippen molar-refractivity contribution in [3.05, 3.63) is 70.3 Å². The van der Waals surface area contributed by atoms with E-state index in [4.69, 9.17) is 0 Å². The maximum absolute atomic E-state index is 13.0. The molecule has 0 saturated heterocycles. The van der Waals surface area contributed by atoms with E-state index in [1.54, 1.807) is 36.9 Å². The third-order valence-electron chi connectivity index (χ3n) is 5.07. The van der Waals surface area contributed by atoms with Crippen LogP contribution in [0.2, 0.25) is 0 Å². The summed E-state index contributed by atoms with van der Waals surface area (Å²) in [5, 5.41) is 11.4. The molecular weight excluding hydrogens is 407 g/mol. The maximum atomic E-state index is 13.0. The van der Waals surface area contributed by atoms with Gasteiger partial charge in [0, 0.05) is 23.9 Å². The zero-order valence-corrected chi connectivity index (χ0v) is 17.8. The summed E-state index contributed by atoms with van der Waals surface area (Å²) in [4.78, 5) is 12.4. The molecule has 0 aliphatic rings. The third kappa shape index (κ3) is 5.04. The second kappa shape index (κ2) is 8.79. The van der Waals surface area contributed by atoms with E-state index in [1.165, 1.54) is 12.1 Å². The first kappa shape index (κ1) is 22.3. The van der Waals surface area contributed by atoms with Gasteiger partial charge in [0.15, 0.2) is 0 Å². The highest BCUT2D eigenvalue weighted by molar-refractivity contribution is 6.02. The van der Waals surface area contributed by atoms with Crippen LogP contribution in [0.1, 0.15) is 40.7 Å². The number of aryl methyl sites for hydroxylation is 2. The Morgan fingerprint density at radius 3 is 2.55 bits per heavy atom. The molecule has 2 aromatic heterocycles. The molecule has 3 rings (SSSR count). The molecule has 0 atom stereocenters. The van der Waals surface area contributed by atoms with Gasteiger partial charge >= 0.3 is 6.18 Å². The number of benzene rings is 1. The number of hydrogen-bond acceptors (Lipinski definition) is 3. The average molecular weight is 431 g/mol. The highest BCUT2D eigenvalue weighted by Gasteiger charge is 2.30. The van der Waals surface area contributed by atoms with Gasteiger partial charge in [-0.1, -0.05) is 12.1 Å². The lowest BCUT2D eigenvalue weighted by Crippen LogP contribution is -2.10. The molecule has 1 aromatic carbocycles. The average Bonchev–Trinajstić information content (AvgIpc) is 3.20. The molecule has 31 heavy (non-hydrogen) atoms. The van der Waals surface area contributed by atoms with Crippen LogP contribution in [-0.2, 0) is 24.1 Å². The van der Waals surface area contributed by atoms with Gasteiger partial charge in [-0.15, -0.1) is 0 Å². The van der Waals surface area contributed by atoms with E-state index in [1.807, 2.05) is 18.5 Å². The fourth-order valence-electron chi connectivity index (χ4n) is 3.32. The summed E-state index contributed by atoms with van der Waals surface area (Å²) in [6, 6.07) is 5.14. The number of aromatic nitrogens is 4. The standard InChI is InChI=1S/C22H24F3N5O/c1-5-29-15(3)18(12-26-29)9-10-20(31)27-21-14(2)28-30(16(21)4)13-17-7-6-8-19(11-17)22(23,24)25/h6-12H,5,13H2,1-4H3,(H,27,31)/b10-9+. The molecule has 164 valence electrons. The Hall–Kier alpha value is -3.36. The smallest absolute Gasteiger partial charge is 0.319 e. The zero-order chi connectivity index (χ0) is 22.8. The molecule has 6 nitrogen and oxygen atoms in total. The van der Waals surface area contributed by atoms with E-state index in [0.717, 1.165) is 29.9 Å². The predicted octanol–water partition coefficient (Wildman–Crippen LogP) is 4.74. The highest BCUT2D eigenvalue weighted by Crippen LogP contribution is 2.30. The molecular formula is C22H24F3N5O. The number of anilines is 1. The number of hydrogen-bond donors (Lipinski definition) is 1. The number of nitrogens with one attached hydrogen (secondary N) is 1. The Kier molecular flexibility index (Phi) is 6.33. The van der Waals surface area contributed by atoms with Crippen molar-refractivity contribution >= 4 is 17.7 Å². The van der Waals surface area contributed by atoms with Gasteiger partial charge in [0.05, 0.1) is 35.4 Å². The molecule has 0 aliphatic carbocycles. The van der Waals surface area contributed by atoms with E-state index in [-0.39, 0.29) is 12.5 Å². The number of carbonyl (C=O) groups excluding carboxylic acids is 1. The molecule has 0 unspecified atom stereocenters. The van der Waals surface area contributed by atoms with Gasteiger partial charge in [0.1, 0.15) is 0 Å². The number of nitrogens with zero attached hydrogens (tertiary/aromatic N) is 4. The lowest BCUT2D eigenvalue weighted by Gasteiger charge is -2.10. The summed E-state index contributed by atoms with van der Waals surface area (Å²) in [6.45, 7) is 8.34. The largest absolute Gasteiger partial charge is 0.416 e. The summed E-state index contributed by atoms with van der Waals surface area (Å²) >= 11 is 0. The molecule has 2 heterocycles. The molecule has 0 aliphatic heterocycles. The van der Waals surface area contributed by atoms with Crippen molar-refractivity contribution in [1.82, 2.24) is 19.6 Å². The molecule has 9 heteroatoms. The van der Waals surface area contributed by atoms with Crippen LogP contribution < -0.4 is 5.32 Å². The Balaban J connectivity index is 1.75. The van der Waals surface area contributed by atoms with Crippen LogP contribution >= 0.6 is 0 Å². The van der Waals surface area contributed by atoms with Crippen LogP contribution in [0.3, 0.4) is 0 Å². The fraction of sp³-hybridized carbons (Fsp3) is 0.318. The van der Waals surface area contributed by atoms with Gasteiger partial charge in [0.2, 0.25) is 5.91 Å². The Labute approximate surface area is 178 Å². The third-order valence-corrected chi connectivity index (χ3v) is 5.07. The summed E-state index contributed by atoms with van der Waals surface area (Å²) in [6.07, 6.45) is 0.420. The van der Waals surface area contributed by atoms with Gasteiger partial charge in [-0.25, -0.2) is 0 Å². The van der Waals surface area contributed by atoms with Gasteiger partial charge in [-0.2, -0.15) is 23.4 Å². The van der Waals surface area contributed by atoms with E-state index in [2.05, 4.69) is 15.5 Å². The summed E-state index contributed by atoms with van der Waals surface area (Å²) in [5.41, 5.74) is 3.38. The summed E-state index contributed by atoms with van der Waals surface area (Å²) in [5.74, 6) is -0.325. The monoisotopic (exact) mass is 431 g/mol. The Morgan fingerprint density at radius 2 is 1.90 bits per heavy atom. The molecule has 0 spiro atoms. The van der Waals surface area contributed by atoms with Crippen LogP contribution in [-0.4, -0.2) is 25.5 Å².